The molecule has 3 aromatic rings. The molecule has 0 radical (unpaired) electrons. The van der Waals surface area contributed by atoms with Crippen molar-refractivity contribution in [2.45, 2.75) is 0 Å². The van der Waals surface area contributed by atoms with Crippen molar-refractivity contribution >= 4 is 28.4 Å². The minimum absolute atomic E-state index is 0.400. The summed E-state index contributed by atoms with van der Waals surface area (Å²) in [6, 6.07) is 19.9. The third-order valence-corrected chi connectivity index (χ3v) is 2.85. The fraction of sp³-hybridized carbons (Fsp3) is 0. The van der Waals surface area contributed by atoms with E-state index in [0.717, 1.165) is 10.9 Å². The van der Waals surface area contributed by atoms with E-state index in [1.54, 1.807) is 18.2 Å². The summed E-state index contributed by atoms with van der Waals surface area (Å²) in [4.78, 5) is 16.0. The monoisotopic (exact) mass is 276 g/mol. The molecular weight excluding hydrogens is 264 g/mol. The summed E-state index contributed by atoms with van der Waals surface area (Å²) in [6.45, 7) is 0. The van der Waals surface area contributed by atoms with Gasteiger partial charge >= 0.3 is 6.03 Å². The number of anilines is 1. The number of carbonyl (C=O) groups is 1. The van der Waals surface area contributed by atoms with E-state index in [9.17, 15) is 4.79 Å². The summed E-state index contributed by atoms with van der Waals surface area (Å²) >= 11 is 0. The highest BCUT2D eigenvalue weighted by atomic mass is 16.2. The van der Waals surface area contributed by atoms with E-state index in [-0.39, 0.29) is 0 Å². The van der Waals surface area contributed by atoms with Gasteiger partial charge in [-0.3, -0.25) is 0 Å². The lowest BCUT2D eigenvalue weighted by Gasteiger charge is -1.99. The van der Waals surface area contributed by atoms with Crippen LogP contribution < -0.4 is 5.32 Å². The van der Waals surface area contributed by atoms with E-state index in [2.05, 4.69) is 20.5 Å². The molecule has 0 aliphatic heterocycles. The van der Waals surface area contributed by atoms with Crippen LogP contribution in [-0.4, -0.2) is 11.0 Å². The number of hydrogen-bond donors (Lipinski definition) is 1. The zero-order valence-electron chi connectivity index (χ0n) is 11.1. The Hall–Kier alpha value is -3.08. The molecule has 0 spiro atoms. The van der Waals surface area contributed by atoms with Crippen molar-refractivity contribution in [2.75, 3.05) is 5.32 Å². The lowest BCUT2D eigenvalue weighted by atomic mass is 10.2. The number of urea groups is 1. The highest BCUT2D eigenvalue weighted by Crippen LogP contribution is 2.17. The summed E-state index contributed by atoms with van der Waals surface area (Å²) in [6.07, 6.45) is 0. The van der Waals surface area contributed by atoms with E-state index < -0.39 is 6.03 Å². The second-order valence-corrected chi connectivity index (χ2v) is 4.36. The zero-order valence-corrected chi connectivity index (χ0v) is 11.1. The first kappa shape index (κ1) is 12.9. The zero-order chi connectivity index (χ0) is 14.5. The first-order valence-electron chi connectivity index (χ1n) is 6.45. The largest absolute Gasteiger partial charge is 0.364 e. The normalized spacial score (nSPS) is 10.9. The van der Waals surface area contributed by atoms with Gasteiger partial charge in [-0.1, -0.05) is 41.5 Å². The number of nitrogens with one attached hydrogen (secondary N) is 1. The minimum atomic E-state index is -0.531. The molecule has 1 N–H and O–H groups in total. The van der Waals surface area contributed by atoms with Crippen molar-refractivity contribution in [3.63, 3.8) is 0 Å². The SMILES string of the molecule is O=C(N=Nc1ccc2ccccc2n1)Nc1ccccc1. The van der Waals surface area contributed by atoms with Crippen molar-refractivity contribution in [2.24, 2.45) is 10.2 Å². The number of azo groups is 1. The minimum Gasteiger partial charge on any atom is -0.305 e. The number of aromatic nitrogens is 1. The molecule has 0 bridgehead atoms. The maximum absolute atomic E-state index is 11.7. The van der Waals surface area contributed by atoms with Gasteiger partial charge in [-0.2, -0.15) is 0 Å². The van der Waals surface area contributed by atoms with Crippen molar-refractivity contribution in [3.05, 3.63) is 66.7 Å². The number of rotatable bonds is 2. The third kappa shape index (κ3) is 3.27. The summed E-state index contributed by atoms with van der Waals surface area (Å²) in [5.74, 6) is 0.400. The summed E-state index contributed by atoms with van der Waals surface area (Å²) in [5, 5.41) is 11.1. The van der Waals surface area contributed by atoms with Crippen LogP contribution in [0.2, 0.25) is 0 Å². The predicted molar refractivity (Wildman–Crippen MR) is 81.7 cm³/mol. The smallest absolute Gasteiger partial charge is 0.305 e. The Morgan fingerprint density at radius 2 is 1.67 bits per heavy atom. The molecule has 0 unspecified atom stereocenters. The fourth-order valence-electron chi connectivity index (χ4n) is 1.88. The molecule has 3 rings (SSSR count). The van der Waals surface area contributed by atoms with Crippen LogP contribution in [0.25, 0.3) is 10.9 Å². The molecule has 102 valence electrons. The number of pyridine rings is 1. The molecule has 0 aliphatic rings. The van der Waals surface area contributed by atoms with E-state index >= 15 is 0 Å². The summed E-state index contributed by atoms with van der Waals surface area (Å²) < 4.78 is 0. The number of amides is 2. The van der Waals surface area contributed by atoms with E-state index in [0.29, 0.717) is 11.5 Å². The van der Waals surface area contributed by atoms with Crippen molar-refractivity contribution in [1.82, 2.24) is 4.98 Å². The molecule has 1 aromatic heterocycles. The Kier molecular flexibility index (Phi) is 3.64. The fourth-order valence-corrected chi connectivity index (χ4v) is 1.88. The van der Waals surface area contributed by atoms with Gasteiger partial charge in [-0.05, 0) is 30.3 Å². The third-order valence-electron chi connectivity index (χ3n) is 2.85. The van der Waals surface area contributed by atoms with Crippen LogP contribution in [0, 0.1) is 0 Å². The van der Waals surface area contributed by atoms with Gasteiger partial charge in [-0.25, -0.2) is 9.78 Å². The van der Waals surface area contributed by atoms with Crippen molar-refractivity contribution in [1.29, 1.82) is 0 Å². The molecule has 0 saturated carbocycles. The molecule has 0 atom stereocenters. The van der Waals surface area contributed by atoms with Gasteiger partial charge in [0, 0.05) is 11.1 Å². The van der Waals surface area contributed by atoms with E-state index in [1.165, 1.54) is 0 Å². The van der Waals surface area contributed by atoms with Crippen LogP contribution in [0.4, 0.5) is 16.3 Å². The average Bonchev–Trinajstić information content (AvgIpc) is 2.54. The quantitative estimate of drug-likeness (QED) is 0.697. The van der Waals surface area contributed by atoms with Gasteiger partial charge in [-0.15, -0.1) is 5.11 Å². The Bertz CT molecular complexity index is 799. The molecule has 0 aliphatic carbocycles. The Balaban J connectivity index is 1.73. The average molecular weight is 276 g/mol. The van der Waals surface area contributed by atoms with Gasteiger partial charge in [0.05, 0.1) is 5.52 Å². The van der Waals surface area contributed by atoms with Crippen molar-refractivity contribution < 1.29 is 4.79 Å². The van der Waals surface area contributed by atoms with E-state index in [1.807, 2.05) is 48.5 Å². The maximum Gasteiger partial charge on any atom is 0.364 e. The molecule has 2 aromatic carbocycles. The van der Waals surface area contributed by atoms with Gasteiger partial charge in [0.15, 0.2) is 5.82 Å². The van der Waals surface area contributed by atoms with Gasteiger partial charge < -0.3 is 5.32 Å². The van der Waals surface area contributed by atoms with Gasteiger partial charge in [0.1, 0.15) is 0 Å². The standard InChI is InChI=1S/C16H12N4O/c21-16(17-13-7-2-1-3-8-13)20-19-15-11-10-12-6-4-5-9-14(12)18-15/h1-11H,(H,17,21). The number of carbonyl (C=O) groups excluding carboxylic acids is 1. The Labute approximate surface area is 121 Å². The van der Waals surface area contributed by atoms with Crippen LogP contribution in [0.15, 0.2) is 77.0 Å². The number of hydrogen-bond acceptors (Lipinski definition) is 3. The number of para-hydroxylation sites is 2. The highest BCUT2D eigenvalue weighted by Gasteiger charge is 2.00. The van der Waals surface area contributed by atoms with Gasteiger partial charge in [0.25, 0.3) is 0 Å². The van der Waals surface area contributed by atoms with Gasteiger partial charge in [0.2, 0.25) is 0 Å². The molecule has 21 heavy (non-hydrogen) atoms. The van der Waals surface area contributed by atoms with E-state index in [4.69, 9.17) is 0 Å². The van der Waals surface area contributed by atoms with Crippen LogP contribution >= 0.6 is 0 Å². The summed E-state index contributed by atoms with van der Waals surface area (Å²) in [5.41, 5.74) is 1.49. The summed E-state index contributed by atoms with van der Waals surface area (Å²) in [7, 11) is 0. The maximum atomic E-state index is 11.7. The molecule has 5 heteroatoms. The predicted octanol–water partition coefficient (Wildman–Crippen LogP) is 4.55. The number of benzene rings is 2. The molecule has 0 fully saturated rings. The first-order valence-corrected chi connectivity index (χ1v) is 6.45. The first-order chi connectivity index (χ1) is 10.3. The molecular formula is C16H12N4O. The topological polar surface area (TPSA) is 66.7 Å². The second-order valence-electron chi connectivity index (χ2n) is 4.36. The lowest BCUT2D eigenvalue weighted by molar-refractivity contribution is 0.258. The highest BCUT2D eigenvalue weighted by molar-refractivity contribution is 5.89. The van der Waals surface area contributed by atoms with Crippen molar-refractivity contribution in [3.8, 4) is 0 Å². The Morgan fingerprint density at radius 1 is 0.905 bits per heavy atom. The molecule has 5 nitrogen and oxygen atoms in total. The number of nitrogens with zero attached hydrogens (tertiary/aromatic N) is 3. The number of fused-ring (bicyclic) bond motifs is 1. The Morgan fingerprint density at radius 3 is 2.52 bits per heavy atom. The van der Waals surface area contributed by atoms with Crippen LogP contribution in [0.5, 0.6) is 0 Å². The molecule has 2 amide bonds. The molecule has 1 heterocycles. The van der Waals surface area contributed by atoms with Crippen LogP contribution in [-0.2, 0) is 0 Å². The second kappa shape index (κ2) is 5.92. The lowest BCUT2D eigenvalue weighted by Crippen LogP contribution is -2.04. The van der Waals surface area contributed by atoms with Crippen LogP contribution in [0.1, 0.15) is 0 Å². The molecule has 0 saturated heterocycles. The van der Waals surface area contributed by atoms with Crippen LogP contribution in [0.3, 0.4) is 0 Å².